The van der Waals surface area contributed by atoms with Gasteiger partial charge in [0.15, 0.2) is 0 Å². The SMILES string of the molecule is CC(C)NCc1cccc(S(=O)(=O)NCCCC2CC2)c1. The first-order valence-corrected chi connectivity index (χ1v) is 9.27. The van der Waals surface area contributed by atoms with Crippen molar-refractivity contribution in [1.82, 2.24) is 10.0 Å². The Bertz CT molecular complexity index is 551. The van der Waals surface area contributed by atoms with Crippen LogP contribution in [0.1, 0.15) is 45.1 Å². The van der Waals surface area contributed by atoms with Gasteiger partial charge in [0.25, 0.3) is 0 Å². The van der Waals surface area contributed by atoms with Crippen LogP contribution in [0, 0.1) is 5.92 Å². The maximum atomic E-state index is 12.3. The molecule has 118 valence electrons. The molecule has 21 heavy (non-hydrogen) atoms. The summed E-state index contributed by atoms with van der Waals surface area (Å²) in [6.07, 6.45) is 4.70. The van der Waals surface area contributed by atoms with Crippen LogP contribution >= 0.6 is 0 Å². The minimum atomic E-state index is -3.38. The van der Waals surface area contributed by atoms with Crippen LogP contribution in [-0.4, -0.2) is 21.0 Å². The highest BCUT2D eigenvalue weighted by atomic mass is 32.2. The van der Waals surface area contributed by atoms with Gasteiger partial charge < -0.3 is 5.32 Å². The van der Waals surface area contributed by atoms with E-state index >= 15 is 0 Å². The zero-order valence-corrected chi connectivity index (χ0v) is 13.7. The summed E-state index contributed by atoms with van der Waals surface area (Å²) in [5, 5.41) is 3.30. The first-order chi connectivity index (χ1) is 9.97. The van der Waals surface area contributed by atoms with Crippen LogP contribution in [-0.2, 0) is 16.6 Å². The van der Waals surface area contributed by atoms with E-state index in [1.54, 1.807) is 18.2 Å². The summed E-state index contributed by atoms with van der Waals surface area (Å²) in [6.45, 7) is 5.36. The Morgan fingerprint density at radius 3 is 2.71 bits per heavy atom. The summed E-state index contributed by atoms with van der Waals surface area (Å²) < 4.78 is 27.2. The molecule has 0 bridgehead atoms. The molecule has 1 fully saturated rings. The van der Waals surface area contributed by atoms with Gasteiger partial charge in [-0.05, 0) is 36.5 Å². The Morgan fingerprint density at radius 2 is 2.05 bits per heavy atom. The molecule has 0 radical (unpaired) electrons. The first kappa shape index (κ1) is 16.5. The third kappa shape index (κ3) is 5.77. The molecular formula is C16H26N2O2S. The average molecular weight is 310 g/mol. The van der Waals surface area contributed by atoms with Crippen LogP contribution in [0.2, 0.25) is 0 Å². The molecule has 1 aliphatic carbocycles. The van der Waals surface area contributed by atoms with E-state index in [1.165, 1.54) is 12.8 Å². The highest BCUT2D eigenvalue weighted by Gasteiger charge is 2.21. The highest BCUT2D eigenvalue weighted by molar-refractivity contribution is 7.89. The molecule has 0 atom stereocenters. The molecule has 0 amide bonds. The highest BCUT2D eigenvalue weighted by Crippen LogP contribution is 2.33. The molecule has 1 aliphatic rings. The van der Waals surface area contributed by atoms with Gasteiger partial charge in [0, 0.05) is 19.1 Å². The number of hydrogen-bond donors (Lipinski definition) is 2. The molecule has 1 aromatic rings. The molecule has 0 aliphatic heterocycles. The van der Waals surface area contributed by atoms with Crippen molar-refractivity contribution in [2.24, 2.45) is 5.92 Å². The van der Waals surface area contributed by atoms with E-state index in [0.29, 0.717) is 24.0 Å². The molecule has 4 nitrogen and oxygen atoms in total. The Labute approximate surface area is 128 Å². The quantitative estimate of drug-likeness (QED) is 0.689. The molecule has 0 spiro atoms. The molecule has 2 rings (SSSR count). The standard InChI is InChI=1S/C16H26N2O2S/c1-13(2)17-12-15-5-3-7-16(11-15)21(19,20)18-10-4-6-14-8-9-14/h3,5,7,11,13-14,17-18H,4,6,8-10,12H2,1-2H3. The fourth-order valence-corrected chi connectivity index (χ4v) is 3.38. The Morgan fingerprint density at radius 1 is 1.29 bits per heavy atom. The fourth-order valence-electron chi connectivity index (χ4n) is 2.23. The number of hydrogen-bond acceptors (Lipinski definition) is 3. The normalized spacial score (nSPS) is 15.6. The van der Waals surface area contributed by atoms with Gasteiger partial charge in [0.1, 0.15) is 0 Å². The smallest absolute Gasteiger partial charge is 0.240 e. The van der Waals surface area contributed by atoms with E-state index in [-0.39, 0.29) is 0 Å². The van der Waals surface area contributed by atoms with Gasteiger partial charge in [-0.25, -0.2) is 13.1 Å². The van der Waals surface area contributed by atoms with Gasteiger partial charge in [-0.3, -0.25) is 0 Å². The van der Waals surface area contributed by atoms with Gasteiger partial charge in [-0.1, -0.05) is 38.8 Å². The molecule has 0 saturated heterocycles. The lowest BCUT2D eigenvalue weighted by molar-refractivity contribution is 0.571. The van der Waals surface area contributed by atoms with E-state index in [9.17, 15) is 8.42 Å². The Balaban J connectivity index is 1.89. The zero-order chi connectivity index (χ0) is 15.3. The third-order valence-electron chi connectivity index (χ3n) is 3.70. The van der Waals surface area contributed by atoms with Crippen LogP contribution in [0.15, 0.2) is 29.2 Å². The predicted octanol–water partition coefficient (Wildman–Crippen LogP) is 2.65. The van der Waals surface area contributed by atoms with Gasteiger partial charge in [0.05, 0.1) is 4.90 Å². The van der Waals surface area contributed by atoms with Gasteiger partial charge in [-0.2, -0.15) is 0 Å². The van der Waals surface area contributed by atoms with E-state index in [1.807, 2.05) is 6.07 Å². The van der Waals surface area contributed by atoms with Crippen molar-refractivity contribution in [3.8, 4) is 0 Å². The van der Waals surface area contributed by atoms with E-state index in [0.717, 1.165) is 24.3 Å². The van der Waals surface area contributed by atoms with Crippen molar-refractivity contribution < 1.29 is 8.42 Å². The topological polar surface area (TPSA) is 58.2 Å². The molecule has 1 saturated carbocycles. The van der Waals surface area contributed by atoms with E-state index in [4.69, 9.17) is 0 Å². The lowest BCUT2D eigenvalue weighted by Crippen LogP contribution is -2.25. The van der Waals surface area contributed by atoms with Crippen molar-refractivity contribution >= 4 is 10.0 Å². The fraction of sp³-hybridized carbons (Fsp3) is 0.625. The summed E-state index contributed by atoms with van der Waals surface area (Å²) in [7, 11) is -3.38. The number of rotatable bonds is 9. The third-order valence-corrected chi connectivity index (χ3v) is 5.16. The van der Waals surface area contributed by atoms with Crippen molar-refractivity contribution in [2.75, 3.05) is 6.54 Å². The van der Waals surface area contributed by atoms with Gasteiger partial charge in [-0.15, -0.1) is 0 Å². The second-order valence-corrected chi connectivity index (χ2v) is 7.93. The summed E-state index contributed by atoms with van der Waals surface area (Å²) in [4.78, 5) is 0.358. The van der Waals surface area contributed by atoms with Crippen LogP contribution in [0.3, 0.4) is 0 Å². The largest absolute Gasteiger partial charge is 0.310 e. The minimum Gasteiger partial charge on any atom is -0.310 e. The van der Waals surface area contributed by atoms with E-state index < -0.39 is 10.0 Å². The number of sulfonamides is 1. The number of benzene rings is 1. The van der Waals surface area contributed by atoms with E-state index in [2.05, 4.69) is 23.9 Å². The molecule has 5 heteroatoms. The Kier molecular flexibility index (Phi) is 5.79. The summed E-state index contributed by atoms with van der Waals surface area (Å²) in [5.41, 5.74) is 0.990. The summed E-state index contributed by atoms with van der Waals surface area (Å²) in [6, 6.07) is 7.53. The molecular weight excluding hydrogens is 284 g/mol. The minimum absolute atomic E-state index is 0.358. The monoisotopic (exact) mass is 310 g/mol. The average Bonchev–Trinajstić information content (AvgIpc) is 3.26. The maximum Gasteiger partial charge on any atom is 0.240 e. The van der Waals surface area contributed by atoms with Crippen molar-refractivity contribution in [3.63, 3.8) is 0 Å². The van der Waals surface area contributed by atoms with Crippen LogP contribution in [0.4, 0.5) is 0 Å². The molecule has 0 heterocycles. The Hall–Kier alpha value is -0.910. The lowest BCUT2D eigenvalue weighted by Gasteiger charge is -2.10. The van der Waals surface area contributed by atoms with Crippen LogP contribution in [0.5, 0.6) is 0 Å². The second kappa shape index (κ2) is 7.38. The zero-order valence-electron chi connectivity index (χ0n) is 12.9. The lowest BCUT2D eigenvalue weighted by atomic mass is 10.2. The summed E-state index contributed by atoms with van der Waals surface area (Å²) >= 11 is 0. The van der Waals surface area contributed by atoms with Gasteiger partial charge in [0.2, 0.25) is 10.0 Å². The van der Waals surface area contributed by atoms with Crippen LogP contribution < -0.4 is 10.0 Å². The predicted molar refractivity (Wildman–Crippen MR) is 85.6 cm³/mol. The number of nitrogens with one attached hydrogen (secondary N) is 2. The van der Waals surface area contributed by atoms with Crippen molar-refractivity contribution in [3.05, 3.63) is 29.8 Å². The van der Waals surface area contributed by atoms with Crippen molar-refractivity contribution in [2.45, 2.75) is 57.0 Å². The van der Waals surface area contributed by atoms with Crippen molar-refractivity contribution in [1.29, 1.82) is 0 Å². The second-order valence-electron chi connectivity index (χ2n) is 6.17. The van der Waals surface area contributed by atoms with Gasteiger partial charge >= 0.3 is 0 Å². The molecule has 2 N–H and O–H groups in total. The summed E-state index contributed by atoms with van der Waals surface area (Å²) in [5.74, 6) is 0.847. The van der Waals surface area contributed by atoms with Crippen LogP contribution in [0.25, 0.3) is 0 Å². The first-order valence-electron chi connectivity index (χ1n) is 7.79. The maximum absolute atomic E-state index is 12.3. The molecule has 1 aromatic carbocycles. The molecule has 0 aromatic heterocycles. The molecule has 0 unspecified atom stereocenters.